The van der Waals surface area contributed by atoms with Gasteiger partial charge in [-0.1, -0.05) is 30.3 Å². The van der Waals surface area contributed by atoms with Gasteiger partial charge in [0.15, 0.2) is 5.75 Å². The molecule has 0 amide bonds. The van der Waals surface area contributed by atoms with E-state index in [1.54, 1.807) is 6.07 Å². The van der Waals surface area contributed by atoms with E-state index in [1.165, 1.54) is 24.3 Å². The molecule has 5 nitrogen and oxygen atoms in total. The van der Waals surface area contributed by atoms with E-state index in [1.807, 2.05) is 0 Å². The molecule has 0 unspecified atom stereocenters. The average Bonchev–Trinajstić information content (AvgIpc) is 2.57. The number of rotatable bonds is 5. The monoisotopic (exact) mass is 442 g/mol. The van der Waals surface area contributed by atoms with Crippen LogP contribution in [-0.4, -0.2) is 19.9 Å². The van der Waals surface area contributed by atoms with Gasteiger partial charge >= 0.3 is 27.8 Å². The summed E-state index contributed by atoms with van der Waals surface area (Å²) in [7, 11) is -6.39. The van der Waals surface area contributed by atoms with E-state index in [9.17, 15) is 39.6 Å². The van der Waals surface area contributed by atoms with Crippen LogP contribution >= 0.6 is 0 Å². The standard InChI is InChI=1S/C17H12F6O5S/c1-10(24)27-9-13-7-12(11-5-3-2-4-6-11)8-14(15(13)16(18,19)20)28-29(25,26)17(21,22)23/h2-8H,9H2,1H3. The summed E-state index contributed by atoms with van der Waals surface area (Å²) in [6.45, 7) is -0.0485. The number of carbonyl (C=O) groups is 1. The molecule has 158 valence electrons. The normalized spacial score (nSPS) is 12.5. The first-order valence-electron chi connectivity index (χ1n) is 7.66. The molecule has 29 heavy (non-hydrogen) atoms. The van der Waals surface area contributed by atoms with Crippen LogP contribution < -0.4 is 4.18 Å². The van der Waals surface area contributed by atoms with Crippen LogP contribution in [0, 0.1) is 0 Å². The molecule has 2 aromatic carbocycles. The third kappa shape index (κ3) is 5.40. The summed E-state index contributed by atoms with van der Waals surface area (Å²) < 4.78 is 110. The number of benzene rings is 2. The van der Waals surface area contributed by atoms with Crippen LogP contribution in [0.5, 0.6) is 5.75 Å². The van der Waals surface area contributed by atoms with Gasteiger partial charge in [-0.05, 0) is 23.3 Å². The first kappa shape index (κ1) is 22.5. The summed E-state index contributed by atoms with van der Waals surface area (Å²) in [6, 6.07) is 8.91. The third-order valence-electron chi connectivity index (χ3n) is 3.49. The summed E-state index contributed by atoms with van der Waals surface area (Å²) in [5, 5.41) is 0. The molecule has 0 atom stereocenters. The Morgan fingerprint density at radius 1 is 0.966 bits per heavy atom. The Hall–Kier alpha value is -2.76. The number of halogens is 6. The molecule has 0 bridgehead atoms. The number of ether oxygens (including phenoxy) is 1. The second kappa shape index (κ2) is 7.93. The van der Waals surface area contributed by atoms with Crippen molar-refractivity contribution in [1.82, 2.24) is 0 Å². The van der Waals surface area contributed by atoms with Gasteiger partial charge in [0.2, 0.25) is 0 Å². The smallest absolute Gasteiger partial charge is 0.461 e. The van der Waals surface area contributed by atoms with Crippen LogP contribution in [0.4, 0.5) is 26.3 Å². The van der Waals surface area contributed by atoms with Crippen molar-refractivity contribution in [3.8, 4) is 16.9 Å². The SMILES string of the molecule is CC(=O)OCc1cc(-c2ccccc2)cc(OS(=O)(=O)C(F)(F)F)c1C(F)(F)F. The van der Waals surface area contributed by atoms with Crippen molar-refractivity contribution in [1.29, 1.82) is 0 Å². The van der Waals surface area contributed by atoms with Gasteiger partial charge in [-0.15, -0.1) is 0 Å². The highest BCUT2D eigenvalue weighted by Crippen LogP contribution is 2.43. The Bertz CT molecular complexity index is 997. The fraction of sp³-hybridized carbons (Fsp3) is 0.235. The van der Waals surface area contributed by atoms with Gasteiger partial charge in [0.1, 0.15) is 12.2 Å². The predicted octanol–water partition coefficient (Wildman–Crippen LogP) is 4.66. The van der Waals surface area contributed by atoms with Crippen LogP contribution in [0.1, 0.15) is 18.1 Å². The molecule has 0 aliphatic carbocycles. The van der Waals surface area contributed by atoms with Gasteiger partial charge in [0.05, 0.1) is 0 Å². The topological polar surface area (TPSA) is 69.7 Å². The zero-order valence-corrected chi connectivity index (χ0v) is 15.3. The molecule has 0 radical (unpaired) electrons. The number of alkyl halides is 6. The summed E-state index contributed by atoms with van der Waals surface area (Å²) in [6.07, 6.45) is -5.30. The molecule has 0 saturated heterocycles. The van der Waals surface area contributed by atoms with Crippen LogP contribution in [-0.2, 0) is 32.4 Å². The molecule has 12 heteroatoms. The van der Waals surface area contributed by atoms with Crippen molar-refractivity contribution >= 4 is 16.1 Å². The molecule has 0 spiro atoms. The molecule has 0 saturated carbocycles. The molecule has 0 aliphatic rings. The Labute approximate surface area is 161 Å². The molecule has 0 aliphatic heterocycles. The minimum absolute atomic E-state index is 0.0758. The van der Waals surface area contributed by atoms with Gasteiger partial charge in [0, 0.05) is 12.5 Å². The molecule has 0 fully saturated rings. The van der Waals surface area contributed by atoms with Crippen molar-refractivity contribution in [2.45, 2.75) is 25.2 Å². The fourth-order valence-electron chi connectivity index (χ4n) is 2.32. The second-order valence-electron chi connectivity index (χ2n) is 5.64. The largest absolute Gasteiger partial charge is 0.534 e. The second-order valence-corrected chi connectivity index (χ2v) is 7.17. The number of hydrogen-bond acceptors (Lipinski definition) is 5. The van der Waals surface area contributed by atoms with E-state index >= 15 is 0 Å². The lowest BCUT2D eigenvalue weighted by atomic mass is 9.98. The summed E-state index contributed by atoms with van der Waals surface area (Å²) >= 11 is 0. The Morgan fingerprint density at radius 2 is 1.55 bits per heavy atom. The fourth-order valence-corrected chi connectivity index (χ4v) is 2.78. The number of hydrogen-bond donors (Lipinski definition) is 0. The van der Waals surface area contributed by atoms with Crippen LogP contribution in [0.25, 0.3) is 11.1 Å². The molecule has 2 rings (SSSR count). The lowest BCUT2D eigenvalue weighted by Crippen LogP contribution is -2.29. The van der Waals surface area contributed by atoms with Crippen LogP contribution in [0.15, 0.2) is 42.5 Å². The molecule has 2 aromatic rings. The van der Waals surface area contributed by atoms with E-state index in [0.717, 1.165) is 13.0 Å². The van der Waals surface area contributed by atoms with Gasteiger partial charge in [-0.3, -0.25) is 4.79 Å². The van der Waals surface area contributed by atoms with Crippen molar-refractivity contribution in [3.63, 3.8) is 0 Å². The van der Waals surface area contributed by atoms with Crippen molar-refractivity contribution in [2.24, 2.45) is 0 Å². The van der Waals surface area contributed by atoms with Crippen LogP contribution in [0.3, 0.4) is 0 Å². The first-order chi connectivity index (χ1) is 13.2. The van der Waals surface area contributed by atoms with E-state index in [-0.39, 0.29) is 11.1 Å². The maximum Gasteiger partial charge on any atom is 0.534 e. The van der Waals surface area contributed by atoms with E-state index < -0.39 is 51.3 Å². The highest BCUT2D eigenvalue weighted by Gasteiger charge is 2.50. The predicted molar refractivity (Wildman–Crippen MR) is 88.0 cm³/mol. The zero-order valence-electron chi connectivity index (χ0n) is 14.5. The van der Waals surface area contributed by atoms with Gasteiger partial charge < -0.3 is 8.92 Å². The van der Waals surface area contributed by atoms with Crippen LogP contribution in [0.2, 0.25) is 0 Å². The highest BCUT2D eigenvalue weighted by molar-refractivity contribution is 7.88. The summed E-state index contributed by atoms with van der Waals surface area (Å²) in [4.78, 5) is 11.0. The van der Waals surface area contributed by atoms with Gasteiger partial charge in [-0.2, -0.15) is 34.8 Å². The Morgan fingerprint density at radius 3 is 2.03 bits per heavy atom. The third-order valence-corrected chi connectivity index (χ3v) is 4.45. The lowest BCUT2D eigenvalue weighted by Gasteiger charge is -2.20. The summed E-state index contributed by atoms with van der Waals surface area (Å²) in [5.41, 5.74) is -8.34. The average molecular weight is 442 g/mol. The van der Waals surface area contributed by atoms with E-state index in [2.05, 4.69) is 8.92 Å². The molecule has 0 N–H and O–H groups in total. The maximum absolute atomic E-state index is 13.5. The minimum atomic E-state index is -6.39. The summed E-state index contributed by atoms with van der Waals surface area (Å²) in [5.74, 6) is -2.54. The van der Waals surface area contributed by atoms with Crippen molar-refractivity contribution in [2.75, 3.05) is 0 Å². The Balaban J connectivity index is 2.76. The minimum Gasteiger partial charge on any atom is -0.461 e. The molecule has 0 aromatic heterocycles. The zero-order chi connectivity index (χ0) is 22.0. The number of esters is 1. The molecular weight excluding hydrogens is 430 g/mol. The molecule has 0 heterocycles. The quantitative estimate of drug-likeness (QED) is 0.292. The first-order valence-corrected chi connectivity index (χ1v) is 9.07. The molecular formula is C17H12F6O5S. The van der Waals surface area contributed by atoms with Gasteiger partial charge in [0.25, 0.3) is 0 Å². The lowest BCUT2D eigenvalue weighted by molar-refractivity contribution is -0.146. The maximum atomic E-state index is 13.5. The van der Waals surface area contributed by atoms with Gasteiger partial charge in [-0.25, -0.2) is 0 Å². The number of carbonyl (C=O) groups excluding carboxylic acids is 1. The Kier molecular flexibility index (Phi) is 6.16. The van der Waals surface area contributed by atoms with Crippen molar-refractivity contribution < 1.29 is 48.5 Å². The highest BCUT2D eigenvalue weighted by atomic mass is 32.2. The van der Waals surface area contributed by atoms with Crippen molar-refractivity contribution in [3.05, 3.63) is 53.6 Å². The van der Waals surface area contributed by atoms with E-state index in [4.69, 9.17) is 0 Å². The van der Waals surface area contributed by atoms with E-state index in [0.29, 0.717) is 6.07 Å².